The lowest BCUT2D eigenvalue weighted by Crippen LogP contribution is -2.33. The first-order valence-corrected chi connectivity index (χ1v) is 10.8. The summed E-state index contributed by atoms with van der Waals surface area (Å²) in [6.45, 7) is 9.06. The third-order valence-corrected chi connectivity index (χ3v) is 5.00. The molecule has 2 aromatic rings. The van der Waals surface area contributed by atoms with Gasteiger partial charge in [0.2, 0.25) is 0 Å². The monoisotopic (exact) mass is 399 g/mol. The molecular formula is C23H33N3O3. The van der Waals surface area contributed by atoms with Crippen LogP contribution in [0.3, 0.4) is 0 Å². The SMILES string of the molecule is CCCOC1CCCN(C(=O)c2nn(-c3ccccc3)cc2OCC(C)C)CC1. The van der Waals surface area contributed by atoms with Gasteiger partial charge in [-0.15, -0.1) is 0 Å². The number of nitrogens with zero attached hydrogens (tertiary/aromatic N) is 3. The number of hydrogen-bond donors (Lipinski definition) is 0. The second-order valence-electron chi connectivity index (χ2n) is 8.04. The van der Waals surface area contributed by atoms with Crippen molar-refractivity contribution < 1.29 is 14.3 Å². The van der Waals surface area contributed by atoms with Crippen LogP contribution in [0.15, 0.2) is 36.5 Å². The summed E-state index contributed by atoms with van der Waals surface area (Å²) >= 11 is 0. The Balaban J connectivity index is 1.78. The number of para-hydroxylation sites is 1. The summed E-state index contributed by atoms with van der Waals surface area (Å²) < 4.78 is 13.6. The van der Waals surface area contributed by atoms with Crippen LogP contribution in [-0.2, 0) is 4.74 Å². The largest absolute Gasteiger partial charge is 0.489 e. The van der Waals surface area contributed by atoms with Gasteiger partial charge in [0.25, 0.3) is 5.91 Å². The van der Waals surface area contributed by atoms with Gasteiger partial charge in [-0.3, -0.25) is 4.79 Å². The van der Waals surface area contributed by atoms with Gasteiger partial charge >= 0.3 is 0 Å². The Kier molecular flexibility index (Phi) is 7.69. The number of likely N-dealkylation sites (tertiary alicyclic amines) is 1. The number of ether oxygens (including phenoxy) is 2. The molecule has 1 fully saturated rings. The molecule has 0 aliphatic carbocycles. The second-order valence-corrected chi connectivity index (χ2v) is 8.04. The highest BCUT2D eigenvalue weighted by Crippen LogP contribution is 2.24. The quantitative estimate of drug-likeness (QED) is 0.663. The fraction of sp³-hybridized carbons (Fsp3) is 0.565. The van der Waals surface area contributed by atoms with E-state index >= 15 is 0 Å². The Bertz CT molecular complexity index is 773. The van der Waals surface area contributed by atoms with Gasteiger partial charge in [-0.05, 0) is 43.7 Å². The smallest absolute Gasteiger partial charge is 0.278 e. The second kappa shape index (κ2) is 10.4. The Morgan fingerprint density at radius 1 is 1.21 bits per heavy atom. The van der Waals surface area contributed by atoms with Gasteiger partial charge in [0.05, 0.1) is 24.6 Å². The minimum Gasteiger partial charge on any atom is -0.489 e. The summed E-state index contributed by atoms with van der Waals surface area (Å²) in [7, 11) is 0. The molecule has 6 nitrogen and oxygen atoms in total. The number of hydrogen-bond acceptors (Lipinski definition) is 4. The topological polar surface area (TPSA) is 56.6 Å². The molecule has 1 aromatic carbocycles. The Labute approximate surface area is 173 Å². The van der Waals surface area contributed by atoms with E-state index in [1.54, 1.807) is 4.68 Å². The van der Waals surface area contributed by atoms with Crippen molar-refractivity contribution in [2.24, 2.45) is 5.92 Å². The summed E-state index contributed by atoms with van der Waals surface area (Å²) in [5.41, 5.74) is 1.30. The van der Waals surface area contributed by atoms with E-state index in [9.17, 15) is 4.79 Å². The maximum atomic E-state index is 13.3. The van der Waals surface area contributed by atoms with Crippen molar-refractivity contribution in [1.29, 1.82) is 0 Å². The van der Waals surface area contributed by atoms with Crippen LogP contribution in [-0.4, -0.2) is 53.0 Å². The van der Waals surface area contributed by atoms with E-state index in [0.717, 1.165) is 44.5 Å². The van der Waals surface area contributed by atoms with E-state index in [-0.39, 0.29) is 12.0 Å². The highest BCUT2D eigenvalue weighted by Gasteiger charge is 2.27. The minimum absolute atomic E-state index is 0.0606. The molecule has 0 radical (unpaired) electrons. The molecule has 6 heteroatoms. The average Bonchev–Trinajstić information content (AvgIpc) is 3.02. The normalized spacial score (nSPS) is 17.4. The molecule has 1 atom stereocenters. The van der Waals surface area contributed by atoms with Gasteiger partial charge in [0.1, 0.15) is 0 Å². The van der Waals surface area contributed by atoms with Gasteiger partial charge in [0, 0.05) is 19.7 Å². The van der Waals surface area contributed by atoms with Gasteiger partial charge in [-0.2, -0.15) is 5.10 Å². The minimum atomic E-state index is -0.0606. The summed E-state index contributed by atoms with van der Waals surface area (Å²) in [4.78, 5) is 15.2. The average molecular weight is 400 g/mol. The number of carbonyl (C=O) groups is 1. The number of benzene rings is 1. The van der Waals surface area contributed by atoms with Gasteiger partial charge in [-0.25, -0.2) is 4.68 Å². The van der Waals surface area contributed by atoms with Crippen molar-refractivity contribution in [3.05, 3.63) is 42.2 Å². The number of carbonyl (C=O) groups excluding carboxylic acids is 1. The fourth-order valence-corrected chi connectivity index (χ4v) is 3.45. The lowest BCUT2D eigenvalue weighted by Gasteiger charge is -2.20. The maximum Gasteiger partial charge on any atom is 0.278 e. The molecule has 1 aromatic heterocycles. The van der Waals surface area contributed by atoms with Crippen LogP contribution >= 0.6 is 0 Å². The van der Waals surface area contributed by atoms with Crippen molar-refractivity contribution in [2.75, 3.05) is 26.3 Å². The lowest BCUT2D eigenvalue weighted by atomic mass is 10.2. The zero-order valence-electron chi connectivity index (χ0n) is 17.8. The first-order valence-electron chi connectivity index (χ1n) is 10.8. The van der Waals surface area contributed by atoms with Gasteiger partial charge in [-0.1, -0.05) is 39.0 Å². The van der Waals surface area contributed by atoms with E-state index in [1.165, 1.54) is 0 Å². The van der Waals surface area contributed by atoms with Crippen molar-refractivity contribution >= 4 is 5.91 Å². The van der Waals surface area contributed by atoms with Crippen LogP contribution in [0.1, 0.15) is 56.9 Å². The van der Waals surface area contributed by atoms with E-state index in [4.69, 9.17) is 9.47 Å². The summed E-state index contributed by atoms with van der Waals surface area (Å²) in [5.74, 6) is 0.859. The van der Waals surface area contributed by atoms with E-state index < -0.39 is 0 Å². The first kappa shape index (κ1) is 21.4. The molecule has 2 heterocycles. The fourth-order valence-electron chi connectivity index (χ4n) is 3.45. The molecule has 1 aliphatic rings. The third kappa shape index (κ3) is 5.82. The number of aromatic nitrogens is 2. The Hall–Kier alpha value is -2.34. The highest BCUT2D eigenvalue weighted by molar-refractivity contribution is 5.95. The van der Waals surface area contributed by atoms with Crippen molar-refractivity contribution in [2.45, 2.75) is 52.6 Å². The zero-order valence-corrected chi connectivity index (χ0v) is 17.8. The zero-order chi connectivity index (χ0) is 20.6. The van der Waals surface area contributed by atoms with Crippen LogP contribution in [0.25, 0.3) is 5.69 Å². The van der Waals surface area contributed by atoms with Crippen molar-refractivity contribution in [1.82, 2.24) is 14.7 Å². The molecule has 1 unspecified atom stereocenters. The molecular weight excluding hydrogens is 366 g/mol. The maximum absolute atomic E-state index is 13.3. The molecule has 3 rings (SSSR count). The lowest BCUT2D eigenvalue weighted by molar-refractivity contribution is 0.0431. The van der Waals surface area contributed by atoms with Crippen LogP contribution < -0.4 is 4.74 Å². The standard InChI is InChI=1S/C23H33N3O3/c1-4-15-28-20-11-8-13-25(14-12-20)23(27)22-21(29-17-18(2)3)16-26(24-22)19-9-6-5-7-10-19/h5-7,9-10,16,18,20H,4,8,11-15,17H2,1-3H3. The molecule has 0 N–H and O–H groups in total. The molecule has 29 heavy (non-hydrogen) atoms. The van der Waals surface area contributed by atoms with Crippen LogP contribution in [0.2, 0.25) is 0 Å². The number of rotatable bonds is 8. The van der Waals surface area contributed by atoms with Gasteiger partial charge in [0.15, 0.2) is 11.4 Å². The third-order valence-electron chi connectivity index (χ3n) is 5.00. The summed E-state index contributed by atoms with van der Waals surface area (Å²) in [5, 5.41) is 4.60. The Morgan fingerprint density at radius 2 is 2.00 bits per heavy atom. The van der Waals surface area contributed by atoms with Crippen molar-refractivity contribution in [3.63, 3.8) is 0 Å². The van der Waals surface area contributed by atoms with E-state index in [0.29, 0.717) is 30.5 Å². The highest BCUT2D eigenvalue weighted by atomic mass is 16.5. The van der Waals surface area contributed by atoms with Crippen LogP contribution in [0.5, 0.6) is 5.75 Å². The van der Waals surface area contributed by atoms with Crippen molar-refractivity contribution in [3.8, 4) is 11.4 Å². The molecule has 0 bridgehead atoms. The summed E-state index contributed by atoms with van der Waals surface area (Å²) in [6.07, 6.45) is 5.89. The summed E-state index contributed by atoms with van der Waals surface area (Å²) in [6, 6.07) is 9.81. The van der Waals surface area contributed by atoms with E-state index in [2.05, 4.69) is 25.9 Å². The number of amides is 1. The molecule has 1 amide bonds. The predicted molar refractivity (Wildman–Crippen MR) is 114 cm³/mol. The van der Waals surface area contributed by atoms with Crippen LogP contribution in [0.4, 0.5) is 0 Å². The Morgan fingerprint density at radius 3 is 2.72 bits per heavy atom. The molecule has 158 valence electrons. The predicted octanol–water partition coefficient (Wildman–Crippen LogP) is 4.33. The molecule has 0 spiro atoms. The first-order chi connectivity index (χ1) is 14.1. The molecule has 1 saturated heterocycles. The van der Waals surface area contributed by atoms with E-state index in [1.807, 2.05) is 41.4 Å². The molecule has 1 aliphatic heterocycles. The van der Waals surface area contributed by atoms with Crippen LogP contribution in [0, 0.1) is 5.92 Å². The van der Waals surface area contributed by atoms with Gasteiger partial charge < -0.3 is 14.4 Å². The molecule has 0 saturated carbocycles.